The summed E-state index contributed by atoms with van der Waals surface area (Å²) in [5.41, 5.74) is 2.02. The van der Waals surface area contributed by atoms with Crippen molar-refractivity contribution in [1.82, 2.24) is 0 Å². The third kappa shape index (κ3) is 3.55. The van der Waals surface area contributed by atoms with Gasteiger partial charge in [0.25, 0.3) is 0 Å². The van der Waals surface area contributed by atoms with Crippen LogP contribution < -0.4 is 0 Å². The standard InChI is InChI=1S/C16H23FO/c1-12-10-15(17)9-8-14(12)11-16(18)13-6-4-2-3-5-7-13/h8-10,13,16,18H,2-7,11H2,1H3. The molecule has 0 heterocycles. The highest BCUT2D eigenvalue weighted by Gasteiger charge is 2.21. The number of halogens is 1. The van der Waals surface area contributed by atoms with Gasteiger partial charge in [-0.1, -0.05) is 31.7 Å². The van der Waals surface area contributed by atoms with Crippen LogP contribution in [0.2, 0.25) is 0 Å². The normalized spacial score (nSPS) is 19.5. The Labute approximate surface area is 109 Å². The van der Waals surface area contributed by atoms with E-state index in [2.05, 4.69) is 0 Å². The average molecular weight is 250 g/mol. The lowest BCUT2D eigenvalue weighted by Gasteiger charge is -2.22. The minimum atomic E-state index is -0.271. The van der Waals surface area contributed by atoms with E-state index in [1.165, 1.54) is 31.7 Å². The van der Waals surface area contributed by atoms with E-state index < -0.39 is 0 Å². The van der Waals surface area contributed by atoms with Crippen LogP contribution in [0.5, 0.6) is 0 Å². The molecule has 1 saturated carbocycles. The van der Waals surface area contributed by atoms with E-state index in [-0.39, 0.29) is 11.9 Å². The summed E-state index contributed by atoms with van der Waals surface area (Å²) in [6.07, 6.45) is 7.76. The maximum Gasteiger partial charge on any atom is 0.123 e. The van der Waals surface area contributed by atoms with Crippen molar-refractivity contribution in [2.24, 2.45) is 5.92 Å². The van der Waals surface area contributed by atoms with Crippen LogP contribution in [-0.2, 0) is 6.42 Å². The molecule has 18 heavy (non-hydrogen) atoms. The first kappa shape index (κ1) is 13.5. The van der Waals surface area contributed by atoms with Gasteiger partial charge >= 0.3 is 0 Å². The van der Waals surface area contributed by atoms with E-state index in [0.717, 1.165) is 24.0 Å². The lowest BCUT2D eigenvalue weighted by molar-refractivity contribution is 0.0984. The molecule has 1 aromatic rings. The Hall–Kier alpha value is -0.890. The van der Waals surface area contributed by atoms with Gasteiger partial charge in [-0.15, -0.1) is 0 Å². The zero-order valence-corrected chi connectivity index (χ0v) is 11.2. The van der Waals surface area contributed by atoms with Gasteiger partial charge in [0.2, 0.25) is 0 Å². The number of rotatable bonds is 3. The number of aliphatic hydroxyl groups excluding tert-OH is 1. The maximum atomic E-state index is 13.0. The third-order valence-corrected chi connectivity index (χ3v) is 4.18. The van der Waals surface area contributed by atoms with Crippen molar-refractivity contribution in [1.29, 1.82) is 0 Å². The van der Waals surface area contributed by atoms with Crippen LogP contribution >= 0.6 is 0 Å². The predicted molar refractivity (Wildman–Crippen MR) is 72.0 cm³/mol. The van der Waals surface area contributed by atoms with Crippen LogP contribution in [0.3, 0.4) is 0 Å². The van der Waals surface area contributed by atoms with Crippen LogP contribution in [0.4, 0.5) is 4.39 Å². The summed E-state index contributed by atoms with van der Waals surface area (Å²) in [6, 6.07) is 4.85. The van der Waals surface area contributed by atoms with Crippen molar-refractivity contribution >= 4 is 0 Å². The van der Waals surface area contributed by atoms with Gasteiger partial charge in [-0.3, -0.25) is 0 Å². The molecule has 0 bridgehead atoms. The number of benzene rings is 1. The van der Waals surface area contributed by atoms with Crippen molar-refractivity contribution in [3.63, 3.8) is 0 Å². The number of hydrogen-bond acceptors (Lipinski definition) is 1. The predicted octanol–water partition coefficient (Wildman–Crippen LogP) is 4.01. The van der Waals surface area contributed by atoms with Crippen molar-refractivity contribution in [2.75, 3.05) is 0 Å². The zero-order chi connectivity index (χ0) is 13.0. The second-order valence-corrected chi connectivity index (χ2v) is 5.59. The molecule has 0 amide bonds. The maximum absolute atomic E-state index is 13.0. The fraction of sp³-hybridized carbons (Fsp3) is 0.625. The molecule has 1 fully saturated rings. The Morgan fingerprint density at radius 1 is 1.22 bits per heavy atom. The van der Waals surface area contributed by atoms with Crippen molar-refractivity contribution in [3.8, 4) is 0 Å². The highest BCUT2D eigenvalue weighted by atomic mass is 19.1. The van der Waals surface area contributed by atoms with Crippen molar-refractivity contribution in [3.05, 3.63) is 35.1 Å². The van der Waals surface area contributed by atoms with Crippen LogP contribution in [0, 0.1) is 18.7 Å². The molecular weight excluding hydrogens is 227 g/mol. The fourth-order valence-corrected chi connectivity index (χ4v) is 2.98. The average Bonchev–Trinajstić information content (AvgIpc) is 2.61. The summed E-state index contributed by atoms with van der Waals surface area (Å²) in [6.45, 7) is 1.91. The summed E-state index contributed by atoms with van der Waals surface area (Å²) in [5, 5.41) is 10.4. The molecule has 1 aliphatic rings. The zero-order valence-electron chi connectivity index (χ0n) is 11.2. The molecule has 1 atom stereocenters. The molecule has 1 N–H and O–H groups in total. The molecule has 1 nitrogen and oxygen atoms in total. The topological polar surface area (TPSA) is 20.2 Å². The molecule has 2 heteroatoms. The van der Waals surface area contributed by atoms with Gasteiger partial charge in [0.05, 0.1) is 6.10 Å². The SMILES string of the molecule is Cc1cc(F)ccc1CC(O)C1CCCCCC1. The molecule has 100 valence electrons. The molecule has 0 aromatic heterocycles. The van der Waals surface area contributed by atoms with E-state index in [1.807, 2.05) is 13.0 Å². The monoisotopic (exact) mass is 250 g/mol. The Bertz CT molecular complexity index is 381. The van der Waals surface area contributed by atoms with Crippen molar-refractivity contribution in [2.45, 2.75) is 58.0 Å². The van der Waals surface area contributed by atoms with Crippen LogP contribution in [-0.4, -0.2) is 11.2 Å². The smallest absolute Gasteiger partial charge is 0.123 e. The van der Waals surface area contributed by atoms with Gasteiger partial charge < -0.3 is 5.11 Å². The van der Waals surface area contributed by atoms with Gasteiger partial charge in [-0.05, 0) is 55.4 Å². The Morgan fingerprint density at radius 2 is 1.89 bits per heavy atom. The van der Waals surface area contributed by atoms with Gasteiger partial charge in [0, 0.05) is 0 Å². The first-order valence-corrected chi connectivity index (χ1v) is 7.10. The Balaban J connectivity index is 1.98. The van der Waals surface area contributed by atoms with Crippen LogP contribution in [0.25, 0.3) is 0 Å². The van der Waals surface area contributed by atoms with E-state index in [0.29, 0.717) is 12.3 Å². The largest absolute Gasteiger partial charge is 0.392 e. The highest BCUT2D eigenvalue weighted by Crippen LogP contribution is 2.27. The van der Waals surface area contributed by atoms with Gasteiger partial charge in [0.1, 0.15) is 5.82 Å². The van der Waals surface area contributed by atoms with E-state index in [9.17, 15) is 9.50 Å². The first-order valence-electron chi connectivity index (χ1n) is 7.10. The van der Waals surface area contributed by atoms with Crippen LogP contribution in [0.15, 0.2) is 18.2 Å². The minimum absolute atomic E-state index is 0.194. The highest BCUT2D eigenvalue weighted by molar-refractivity contribution is 5.27. The Kier molecular flexibility index (Phi) is 4.76. The second-order valence-electron chi connectivity index (χ2n) is 5.59. The van der Waals surface area contributed by atoms with E-state index >= 15 is 0 Å². The molecule has 0 aliphatic heterocycles. The minimum Gasteiger partial charge on any atom is -0.392 e. The van der Waals surface area contributed by atoms with Crippen LogP contribution in [0.1, 0.15) is 49.7 Å². The summed E-state index contributed by atoms with van der Waals surface area (Å²) in [5.74, 6) is 0.233. The molecular formula is C16H23FO. The number of hydrogen-bond donors (Lipinski definition) is 1. The molecule has 2 rings (SSSR count). The third-order valence-electron chi connectivity index (χ3n) is 4.18. The van der Waals surface area contributed by atoms with Gasteiger partial charge in [-0.25, -0.2) is 4.39 Å². The fourth-order valence-electron chi connectivity index (χ4n) is 2.98. The molecule has 1 unspecified atom stereocenters. The molecule has 0 saturated heterocycles. The molecule has 0 radical (unpaired) electrons. The summed E-state index contributed by atoms with van der Waals surface area (Å²) < 4.78 is 13.0. The molecule has 0 spiro atoms. The summed E-state index contributed by atoms with van der Waals surface area (Å²) in [7, 11) is 0. The van der Waals surface area contributed by atoms with Gasteiger partial charge in [0.15, 0.2) is 0 Å². The lowest BCUT2D eigenvalue weighted by Crippen LogP contribution is -2.22. The number of aliphatic hydroxyl groups is 1. The van der Waals surface area contributed by atoms with E-state index in [4.69, 9.17) is 0 Å². The second kappa shape index (κ2) is 6.33. The molecule has 1 aromatic carbocycles. The summed E-state index contributed by atoms with van der Waals surface area (Å²) >= 11 is 0. The van der Waals surface area contributed by atoms with Gasteiger partial charge in [-0.2, -0.15) is 0 Å². The van der Waals surface area contributed by atoms with E-state index in [1.54, 1.807) is 6.07 Å². The molecule has 1 aliphatic carbocycles. The first-order chi connectivity index (χ1) is 8.66. The summed E-state index contributed by atoms with van der Waals surface area (Å²) in [4.78, 5) is 0. The quantitative estimate of drug-likeness (QED) is 0.804. The Morgan fingerprint density at radius 3 is 2.50 bits per heavy atom. The number of aryl methyl sites for hydroxylation is 1. The lowest BCUT2D eigenvalue weighted by atomic mass is 9.89. The van der Waals surface area contributed by atoms with Crippen molar-refractivity contribution < 1.29 is 9.50 Å².